The zero-order valence-electron chi connectivity index (χ0n) is 7.50. The summed E-state index contributed by atoms with van der Waals surface area (Å²) in [5.74, 6) is -2.63. The Morgan fingerprint density at radius 2 is 1.79 bits per heavy atom. The number of rotatable bonds is 2. The third-order valence-corrected chi connectivity index (χ3v) is 2.46. The summed E-state index contributed by atoms with van der Waals surface area (Å²) < 4.78 is 29.9. The molecular weight excluding hydrogens is 198 g/mol. The predicted octanol–water partition coefficient (Wildman–Crippen LogP) is 0.700. The van der Waals surface area contributed by atoms with Crippen LogP contribution in [0.5, 0.6) is 0 Å². The van der Waals surface area contributed by atoms with Crippen LogP contribution in [0, 0.1) is 5.41 Å². The average molecular weight is 208 g/mol. The molecule has 0 spiro atoms. The van der Waals surface area contributed by atoms with E-state index in [1.165, 1.54) is 0 Å². The van der Waals surface area contributed by atoms with Crippen LogP contribution in [-0.4, -0.2) is 36.5 Å². The minimum absolute atomic E-state index is 0.657. The van der Waals surface area contributed by atoms with Crippen LogP contribution in [0.4, 0.5) is 8.78 Å². The predicted molar refractivity (Wildman–Crippen MR) is 41.1 cm³/mol. The Hall–Kier alpha value is -1.20. The van der Waals surface area contributed by atoms with Crippen molar-refractivity contribution in [2.45, 2.75) is 25.2 Å². The lowest BCUT2D eigenvalue weighted by Crippen LogP contribution is -2.38. The number of carboxylic acid groups (broad SMARTS) is 1. The molecule has 14 heavy (non-hydrogen) atoms. The van der Waals surface area contributed by atoms with Gasteiger partial charge in [-0.1, -0.05) is 0 Å². The maximum Gasteiger partial charge on any atom is 0.323 e. The highest BCUT2D eigenvalue weighted by Gasteiger charge is 2.57. The Morgan fingerprint density at radius 1 is 1.36 bits per heavy atom. The van der Waals surface area contributed by atoms with Gasteiger partial charge in [0.15, 0.2) is 5.41 Å². The van der Waals surface area contributed by atoms with Gasteiger partial charge in [-0.2, -0.15) is 0 Å². The zero-order valence-corrected chi connectivity index (χ0v) is 7.50. The monoisotopic (exact) mass is 208 g/mol. The fourth-order valence-corrected chi connectivity index (χ4v) is 1.63. The highest BCUT2D eigenvalue weighted by atomic mass is 19.2. The summed E-state index contributed by atoms with van der Waals surface area (Å²) in [4.78, 5) is 21.9. The Morgan fingerprint density at radius 3 is 2.07 bits per heavy atom. The van der Waals surface area contributed by atoms with E-state index in [2.05, 4.69) is 4.74 Å². The molecule has 0 bridgehead atoms. The lowest BCUT2D eigenvalue weighted by atomic mass is 9.86. The first-order valence-corrected chi connectivity index (χ1v) is 4.04. The standard InChI is InChI=1S/C8H10F2O4/c1-14-7(13)8(6(11)12)2-4(9)5(10)3-8/h4-5H,2-3H2,1H3,(H,11,12). The molecule has 0 aromatic heterocycles. The number of methoxy groups -OCH3 is 1. The number of carbonyl (C=O) groups excluding carboxylic acids is 1. The Balaban J connectivity index is 2.97. The number of halogens is 2. The molecule has 1 rings (SSSR count). The molecule has 1 saturated carbocycles. The lowest BCUT2D eigenvalue weighted by Gasteiger charge is -2.19. The van der Waals surface area contributed by atoms with Gasteiger partial charge in [0.05, 0.1) is 7.11 Å². The number of aliphatic carboxylic acids is 1. The van der Waals surface area contributed by atoms with Crippen LogP contribution in [-0.2, 0) is 14.3 Å². The Labute approximate surface area is 78.8 Å². The Kier molecular flexibility index (Phi) is 2.73. The minimum Gasteiger partial charge on any atom is -0.480 e. The molecule has 1 aliphatic rings. The molecule has 2 atom stereocenters. The number of carbonyl (C=O) groups is 2. The Bertz CT molecular complexity index is 256. The molecule has 2 unspecified atom stereocenters. The first kappa shape index (κ1) is 10.9. The highest BCUT2D eigenvalue weighted by Crippen LogP contribution is 2.42. The van der Waals surface area contributed by atoms with Crippen LogP contribution in [0.2, 0.25) is 0 Å². The molecule has 4 nitrogen and oxygen atoms in total. The molecule has 0 radical (unpaired) electrons. The van der Waals surface area contributed by atoms with Crippen molar-refractivity contribution in [2.24, 2.45) is 5.41 Å². The number of ether oxygens (including phenoxy) is 1. The van der Waals surface area contributed by atoms with Gasteiger partial charge >= 0.3 is 11.9 Å². The number of carboxylic acids is 1. The summed E-state index contributed by atoms with van der Waals surface area (Å²) in [5.41, 5.74) is -2.05. The van der Waals surface area contributed by atoms with Gasteiger partial charge < -0.3 is 9.84 Å². The van der Waals surface area contributed by atoms with Crippen LogP contribution in [0.1, 0.15) is 12.8 Å². The fraction of sp³-hybridized carbons (Fsp3) is 0.750. The third-order valence-electron chi connectivity index (χ3n) is 2.46. The summed E-state index contributed by atoms with van der Waals surface area (Å²) in [6.07, 6.45) is -5.14. The van der Waals surface area contributed by atoms with Gasteiger partial charge in [0.25, 0.3) is 0 Å². The second-order valence-corrected chi connectivity index (χ2v) is 3.32. The molecule has 0 aromatic carbocycles. The van der Waals surface area contributed by atoms with Crippen molar-refractivity contribution in [1.29, 1.82) is 0 Å². The normalized spacial score (nSPS) is 36.8. The fourth-order valence-electron chi connectivity index (χ4n) is 1.63. The molecule has 80 valence electrons. The van der Waals surface area contributed by atoms with E-state index in [1.54, 1.807) is 0 Å². The van der Waals surface area contributed by atoms with E-state index in [9.17, 15) is 18.4 Å². The molecule has 0 aliphatic heterocycles. The SMILES string of the molecule is COC(=O)C1(C(=O)O)CC(F)C(F)C1. The highest BCUT2D eigenvalue weighted by molar-refractivity contribution is 5.99. The van der Waals surface area contributed by atoms with Gasteiger partial charge in [-0.3, -0.25) is 9.59 Å². The molecular formula is C8H10F2O4. The van der Waals surface area contributed by atoms with Crippen LogP contribution in [0.15, 0.2) is 0 Å². The van der Waals surface area contributed by atoms with Crippen molar-refractivity contribution in [3.05, 3.63) is 0 Å². The van der Waals surface area contributed by atoms with Gasteiger partial charge in [-0.05, 0) is 0 Å². The first-order chi connectivity index (χ1) is 6.44. The largest absolute Gasteiger partial charge is 0.480 e. The molecule has 6 heteroatoms. The van der Waals surface area contributed by atoms with Gasteiger partial charge in [0, 0.05) is 12.8 Å². The van der Waals surface area contributed by atoms with Gasteiger partial charge in [-0.15, -0.1) is 0 Å². The van der Waals surface area contributed by atoms with Crippen molar-refractivity contribution in [3.8, 4) is 0 Å². The van der Waals surface area contributed by atoms with E-state index in [0.29, 0.717) is 0 Å². The van der Waals surface area contributed by atoms with Crippen molar-refractivity contribution in [1.82, 2.24) is 0 Å². The first-order valence-electron chi connectivity index (χ1n) is 4.04. The molecule has 1 aliphatic carbocycles. The topological polar surface area (TPSA) is 63.6 Å². The van der Waals surface area contributed by atoms with Crippen molar-refractivity contribution >= 4 is 11.9 Å². The second-order valence-electron chi connectivity index (χ2n) is 3.32. The quantitative estimate of drug-likeness (QED) is 0.536. The average Bonchev–Trinajstić information content (AvgIpc) is 2.43. The molecule has 0 aromatic rings. The number of hydrogen-bond donors (Lipinski definition) is 1. The molecule has 0 saturated heterocycles. The molecule has 0 amide bonds. The van der Waals surface area contributed by atoms with E-state index < -0.39 is 42.5 Å². The summed E-state index contributed by atoms with van der Waals surface area (Å²) in [6.45, 7) is 0. The number of hydrogen-bond acceptors (Lipinski definition) is 3. The van der Waals surface area contributed by atoms with E-state index in [-0.39, 0.29) is 0 Å². The molecule has 0 heterocycles. The summed E-state index contributed by atoms with van der Waals surface area (Å²) in [6, 6.07) is 0. The minimum atomic E-state index is -2.05. The lowest BCUT2D eigenvalue weighted by molar-refractivity contribution is -0.167. The van der Waals surface area contributed by atoms with Gasteiger partial charge in [-0.25, -0.2) is 8.78 Å². The third kappa shape index (κ3) is 1.44. The van der Waals surface area contributed by atoms with E-state index >= 15 is 0 Å². The van der Waals surface area contributed by atoms with Crippen molar-refractivity contribution < 1.29 is 28.2 Å². The van der Waals surface area contributed by atoms with Crippen LogP contribution < -0.4 is 0 Å². The molecule has 1 fully saturated rings. The number of esters is 1. The van der Waals surface area contributed by atoms with E-state index in [0.717, 1.165) is 7.11 Å². The maximum absolute atomic E-state index is 12.8. The zero-order chi connectivity index (χ0) is 10.9. The summed E-state index contributed by atoms with van der Waals surface area (Å²) in [7, 11) is 0.992. The van der Waals surface area contributed by atoms with Gasteiger partial charge in [0.2, 0.25) is 0 Å². The second kappa shape index (κ2) is 3.51. The molecule has 1 N–H and O–H groups in total. The van der Waals surface area contributed by atoms with E-state index in [4.69, 9.17) is 5.11 Å². The maximum atomic E-state index is 12.8. The summed E-state index contributed by atoms with van der Waals surface area (Å²) >= 11 is 0. The van der Waals surface area contributed by atoms with Crippen LogP contribution >= 0.6 is 0 Å². The van der Waals surface area contributed by atoms with Gasteiger partial charge in [0.1, 0.15) is 12.3 Å². The smallest absolute Gasteiger partial charge is 0.323 e. The summed E-state index contributed by atoms with van der Waals surface area (Å²) in [5, 5.41) is 8.77. The van der Waals surface area contributed by atoms with E-state index in [1.807, 2.05) is 0 Å². The van der Waals surface area contributed by atoms with Crippen molar-refractivity contribution in [2.75, 3.05) is 7.11 Å². The van der Waals surface area contributed by atoms with Crippen LogP contribution in [0.25, 0.3) is 0 Å². The van der Waals surface area contributed by atoms with Crippen molar-refractivity contribution in [3.63, 3.8) is 0 Å². The van der Waals surface area contributed by atoms with Crippen LogP contribution in [0.3, 0.4) is 0 Å². The number of alkyl halides is 2.